The fraction of sp³-hybridized carbons (Fsp3) is 0.615. The van der Waals surface area contributed by atoms with Crippen molar-refractivity contribution in [2.24, 2.45) is 28.2 Å². The van der Waals surface area contributed by atoms with Crippen molar-refractivity contribution in [3.8, 4) is 0 Å². The van der Waals surface area contributed by atoms with Crippen LogP contribution in [0.25, 0.3) is 10.9 Å². The van der Waals surface area contributed by atoms with E-state index in [-0.39, 0.29) is 5.41 Å². The number of aliphatic imine (C=N–C) groups is 1. The second-order valence-corrected chi connectivity index (χ2v) is 11.5. The summed E-state index contributed by atoms with van der Waals surface area (Å²) in [7, 11) is 0. The van der Waals surface area contributed by atoms with Crippen LogP contribution in [-0.4, -0.2) is 33.8 Å². The van der Waals surface area contributed by atoms with Gasteiger partial charge in [0.15, 0.2) is 0 Å². The molecule has 0 amide bonds. The highest BCUT2D eigenvalue weighted by Gasteiger charge is 2.56. The molecule has 5 aliphatic rings. The molecule has 0 spiro atoms. The van der Waals surface area contributed by atoms with E-state index < -0.39 is 0 Å². The second kappa shape index (κ2) is 6.06. The average Bonchev–Trinajstić information content (AvgIpc) is 3.13. The monoisotopic (exact) mass is 387 g/mol. The van der Waals surface area contributed by atoms with E-state index in [1.165, 1.54) is 55.3 Å². The molecule has 2 heterocycles. The Morgan fingerprint density at radius 1 is 0.931 bits per heavy atom. The Balaban J connectivity index is 1.48. The molecule has 4 saturated carbocycles. The van der Waals surface area contributed by atoms with Crippen molar-refractivity contribution in [2.45, 2.75) is 70.9 Å². The topological polar surface area (TPSA) is 28.5 Å². The highest BCUT2D eigenvalue weighted by Crippen LogP contribution is 2.58. The minimum atomic E-state index is 0.181. The molecule has 152 valence electrons. The maximum atomic E-state index is 5.42. The molecule has 1 atom stereocenters. The lowest BCUT2D eigenvalue weighted by Crippen LogP contribution is -2.61. The number of hydrogen-bond acceptors (Lipinski definition) is 3. The maximum absolute atomic E-state index is 5.42. The lowest BCUT2D eigenvalue weighted by atomic mass is 9.52. The first-order valence-electron chi connectivity index (χ1n) is 11.6. The van der Waals surface area contributed by atoms with Gasteiger partial charge in [0.05, 0.1) is 11.6 Å². The summed E-state index contributed by atoms with van der Waals surface area (Å²) in [6.45, 7) is 8.13. The van der Waals surface area contributed by atoms with Crippen molar-refractivity contribution in [2.75, 3.05) is 6.54 Å². The van der Waals surface area contributed by atoms with Crippen LogP contribution in [-0.2, 0) is 0 Å². The molecule has 4 bridgehead atoms. The first kappa shape index (κ1) is 17.9. The summed E-state index contributed by atoms with van der Waals surface area (Å²) in [6.07, 6.45) is 10.5. The van der Waals surface area contributed by atoms with Gasteiger partial charge >= 0.3 is 0 Å². The standard InChI is InChI=1S/C26H33N3/c1-25(2,3)22-16-29(26-13-17-10-18(14-26)12-19(11-17)15-26)24(28-22)21-8-4-6-20-7-5-9-27-23(20)21/h4-9,17-19,22H,10-16H2,1-3H3. The molecule has 4 fully saturated rings. The maximum Gasteiger partial charge on any atom is 0.134 e. The van der Waals surface area contributed by atoms with E-state index in [2.05, 4.69) is 49.9 Å². The number of rotatable bonds is 2. The van der Waals surface area contributed by atoms with Crippen molar-refractivity contribution < 1.29 is 0 Å². The van der Waals surface area contributed by atoms with Gasteiger partial charge in [0.1, 0.15) is 5.84 Å². The number of benzene rings is 1. The van der Waals surface area contributed by atoms with Gasteiger partial charge in [-0.1, -0.05) is 39.0 Å². The van der Waals surface area contributed by atoms with Gasteiger partial charge in [0, 0.05) is 29.2 Å². The van der Waals surface area contributed by atoms with Gasteiger partial charge in [-0.25, -0.2) is 0 Å². The molecule has 29 heavy (non-hydrogen) atoms. The molecular formula is C26H33N3. The van der Waals surface area contributed by atoms with E-state index in [0.29, 0.717) is 11.6 Å². The van der Waals surface area contributed by atoms with Gasteiger partial charge in [0.25, 0.3) is 0 Å². The summed E-state index contributed by atoms with van der Waals surface area (Å²) in [5.74, 6) is 4.07. The van der Waals surface area contributed by atoms with E-state index in [1.807, 2.05) is 12.3 Å². The van der Waals surface area contributed by atoms with Crippen molar-refractivity contribution >= 4 is 16.7 Å². The lowest BCUT2D eigenvalue weighted by molar-refractivity contribution is -0.0615. The van der Waals surface area contributed by atoms with Crippen molar-refractivity contribution in [3.63, 3.8) is 0 Å². The summed E-state index contributed by atoms with van der Waals surface area (Å²) >= 11 is 0. The number of aromatic nitrogens is 1. The number of amidine groups is 1. The normalized spacial score (nSPS) is 36.1. The number of nitrogens with zero attached hydrogens (tertiary/aromatic N) is 3. The van der Waals surface area contributed by atoms with Crippen LogP contribution in [0.5, 0.6) is 0 Å². The molecule has 1 aromatic carbocycles. The van der Waals surface area contributed by atoms with Crippen molar-refractivity contribution in [3.05, 3.63) is 42.1 Å². The molecule has 1 aliphatic heterocycles. The molecule has 4 aliphatic carbocycles. The van der Waals surface area contributed by atoms with E-state index >= 15 is 0 Å². The first-order chi connectivity index (χ1) is 13.9. The number of pyridine rings is 1. The van der Waals surface area contributed by atoms with Gasteiger partial charge in [-0.05, 0) is 73.8 Å². The van der Waals surface area contributed by atoms with Crippen molar-refractivity contribution in [1.29, 1.82) is 0 Å². The van der Waals surface area contributed by atoms with Crippen LogP contribution in [0.1, 0.15) is 64.9 Å². The number of fused-ring (bicyclic) bond motifs is 1. The third-order valence-electron chi connectivity index (χ3n) is 8.34. The highest BCUT2D eigenvalue weighted by atomic mass is 15.3. The zero-order valence-corrected chi connectivity index (χ0v) is 18.1. The van der Waals surface area contributed by atoms with Gasteiger partial charge < -0.3 is 4.90 Å². The second-order valence-electron chi connectivity index (χ2n) is 11.5. The molecule has 7 rings (SSSR count). The molecule has 1 unspecified atom stereocenters. The SMILES string of the molecule is CC(C)(C)C1CN(C23CC4CC(CC(C4)C2)C3)C(c2cccc3cccnc23)=N1. The zero-order valence-electron chi connectivity index (χ0n) is 18.1. The minimum absolute atomic E-state index is 0.181. The third kappa shape index (κ3) is 2.76. The van der Waals surface area contributed by atoms with Crippen LogP contribution in [0.15, 0.2) is 41.5 Å². The quantitative estimate of drug-likeness (QED) is 0.663. The smallest absolute Gasteiger partial charge is 0.134 e. The number of hydrogen-bond donors (Lipinski definition) is 0. The predicted octanol–water partition coefficient (Wildman–Crippen LogP) is 5.68. The van der Waals surface area contributed by atoms with E-state index in [0.717, 1.165) is 29.8 Å². The fourth-order valence-corrected chi connectivity index (χ4v) is 7.30. The van der Waals surface area contributed by atoms with Crippen LogP contribution in [0.4, 0.5) is 0 Å². The first-order valence-corrected chi connectivity index (χ1v) is 11.6. The average molecular weight is 388 g/mol. The largest absolute Gasteiger partial charge is 0.348 e. The Morgan fingerprint density at radius 2 is 1.59 bits per heavy atom. The summed E-state index contributed by atoms with van der Waals surface area (Å²) in [5.41, 5.74) is 2.87. The molecule has 2 aromatic rings. The van der Waals surface area contributed by atoms with Crippen LogP contribution < -0.4 is 0 Å². The van der Waals surface area contributed by atoms with Crippen LogP contribution in [0.2, 0.25) is 0 Å². The van der Waals surface area contributed by atoms with Crippen LogP contribution >= 0.6 is 0 Å². The fourth-order valence-electron chi connectivity index (χ4n) is 7.30. The van der Waals surface area contributed by atoms with Gasteiger partial charge in [-0.3, -0.25) is 9.98 Å². The van der Waals surface area contributed by atoms with E-state index in [4.69, 9.17) is 9.98 Å². The molecule has 1 aromatic heterocycles. The van der Waals surface area contributed by atoms with Gasteiger partial charge in [-0.2, -0.15) is 0 Å². The van der Waals surface area contributed by atoms with Crippen LogP contribution in [0.3, 0.4) is 0 Å². The molecular weight excluding hydrogens is 354 g/mol. The Kier molecular flexibility index (Phi) is 3.74. The van der Waals surface area contributed by atoms with Crippen molar-refractivity contribution in [1.82, 2.24) is 9.88 Å². The Bertz CT molecular complexity index is 942. The van der Waals surface area contributed by atoms with E-state index in [1.54, 1.807) is 0 Å². The molecule has 0 N–H and O–H groups in total. The molecule has 0 radical (unpaired) electrons. The Morgan fingerprint density at radius 3 is 2.24 bits per heavy atom. The molecule has 3 nitrogen and oxygen atoms in total. The zero-order chi connectivity index (χ0) is 19.8. The van der Waals surface area contributed by atoms with Crippen LogP contribution in [0, 0.1) is 23.2 Å². The summed E-state index contributed by atoms with van der Waals surface area (Å²) in [4.78, 5) is 13.0. The predicted molar refractivity (Wildman–Crippen MR) is 119 cm³/mol. The number of para-hydroxylation sites is 1. The Labute approximate surface area is 174 Å². The summed E-state index contributed by atoms with van der Waals surface area (Å²) in [6, 6.07) is 11.2. The summed E-state index contributed by atoms with van der Waals surface area (Å²) in [5, 5.41) is 1.22. The molecule has 0 saturated heterocycles. The molecule has 3 heteroatoms. The van der Waals surface area contributed by atoms with E-state index in [9.17, 15) is 0 Å². The lowest BCUT2D eigenvalue weighted by Gasteiger charge is -2.60. The minimum Gasteiger partial charge on any atom is -0.348 e. The Hall–Kier alpha value is -1.90. The highest BCUT2D eigenvalue weighted by molar-refractivity contribution is 6.09. The van der Waals surface area contributed by atoms with Gasteiger partial charge in [-0.15, -0.1) is 0 Å². The third-order valence-corrected chi connectivity index (χ3v) is 8.34. The summed E-state index contributed by atoms with van der Waals surface area (Å²) < 4.78 is 0. The van der Waals surface area contributed by atoms with Gasteiger partial charge in [0.2, 0.25) is 0 Å².